The van der Waals surface area contributed by atoms with Crippen LogP contribution in [-0.2, 0) is 18.3 Å². The minimum Gasteiger partial charge on any atom is -0.460 e. The van der Waals surface area contributed by atoms with Gasteiger partial charge < -0.3 is 14.2 Å². The summed E-state index contributed by atoms with van der Waals surface area (Å²) in [4.78, 5) is 22.9. The van der Waals surface area contributed by atoms with Crippen molar-refractivity contribution in [3.05, 3.63) is 54.5 Å². The third-order valence-electron chi connectivity index (χ3n) is 4.93. The number of hydrogen-bond acceptors (Lipinski definition) is 4. The average molecular weight is 350 g/mol. The second-order valence-corrected chi connectivity index (χ2v) is 6.69. The molecule has 1 saturated heterocycles. The third kappa shape index (κ3) is 3.40. The summed E-state index contributed by atoms with van der Waals surface area (Å²) in [5.41, 5.74) is 2.24. The molecule has 1 aliphatic rings. The second kappa shape index (κ2) is 7.15. The van der Waals surface area contributed by atoms with Crippen LogP contribution in [0.4, 0.5) is 0 Å². The smallest absolute Gasteiger partial charge is 0.316 e. The molecule has 0 aliphatic carbocycles. The number of aryl methyl sites for hydroxylation is 1. The maximum absolute atomic E-state index is 12.7. The normalized spacial score (nSPS) is 15.3. The van der Waals surface area contributed by atoms with Gasteiger partial charge in [0, 0.05) is 62.5 Å². The molecule has 4 rings (SSSR count). The number of amides is 1. The molecule has 6 heteroatoms. The van der Waals surface area contributed by atoms with Crippen molar-refractivity contribution in [3.63, 3.8) is 0 Å². The van der Waals surface area contributed by atoms with E-state index in [9.17, 15) is 4.79 Å². The van der Waals surface area contributed by atoms with Crippen molar-refractivity contribution < 1.29 is 9.53 Å². The highest BCUT2D eigenvalue weighted by Crippen LogP contribution is 2.22. The van der Waals surface area contributed by atoms with E-state index < -0.39 is 0 Å². The highest BCUT2D eigenvalue weighted by Gasteiger charge is 2.25. The summed E-state index contributed by atoms with van der Waals surface area (Å²) in [6.07, 6.45) is 7.52. The zero-order chi connectivity index (χ0) is 17.9. The molecule has 0 spiro atoms. The zero-order valence-corrected chi connectivity index (χ0v) is 14.8. The highest BCUT2D eigenvalue weighted by atomic mass is 16.5. The van der Waals surface area contributed by atoms with Gasteiger partial charge in [-0.1, -0.05) is 18.2 Å². The number of likely N-dealkylation sites (tertiary alicyclic amines) is 1. The number of hydrogen-bond donors (Lipinski definition) is 0. The first-order valence-corrected chi connectivity index (χ1v) is 8.95. The zero-order valence-electron chi connectivity index (χ0n) is 14.8. The number of nitrogens with zero attached hydrogens (tertiary/aromatic N) is 4. The van der Waals surface area contributed by atoms with Crippen LogP contribution in [0, 0.1) is 0 Å². The van der Waals surface area contributed by atoms with Gasteiger partial charge in [0.2, 0.25) is 5.91 Å². The first kappa shape index (κ1) is 16.6. The van der Waals surface area contributed by atoms with Gasteiger partial charge in [-0.15, -0.1) is 0 Å². The van der Waals surface area contributed by atoms with E-state index in [1.54, 1.807) is 18.5 Å². The molecule has 134 valence electrons. The van der Waals surface area contributed by atoms with E-state index >= 15 is 0 Å². The molecule has 0 atom stereocenters. The Hall–Kier alpha value is -2.89. The highest BCUT2D eigenvalue weighted by molar-refractivity contribution is 5.89. The number of rotatable bonds is 4. The molecule has 26 heavy (non-hydrogen) atoms. The van der Waals surface area contributed by atoms with Gasteiger partial charge >= 0.3 is 6.01 Å². The summed E-state index contributed by atoms with van der Waals surface area (Å²) in [6, 6.07) is 10.4. The lowest BCUT2D eigenvalue weighted by Gasteiger charge is -2.31. The van der Waals surface area contributed by atoms with Gasteiger partial charge in [0.15, 0.2) is 0 Å². The van der Waals surface area contributed by atoms with E-state index in [1.807, 2.05) is 24.1 Å². The first-order chi connectivity index (χ1) is 12.7. The van der Waals surface area contributed by atoms with Crippen LogP contribution < -0.4 is 4.74 Å². The molecule has 6 nitrogen and oxygen atoms in total. The molecule has 3 heterocycles. The van der Waals surface area contributed by atoms with Crippen LogP contribution in [0.2, 0.25) is 0 Å². The fraction of sp³-hybridized carbons (Fsp3) is 0.350. The number of fused-ring (bicyclic) bond motifs is 1. The fourth-order valence-corrected chi connectivity index (χ4v) is 3.56. The van der Waals surface area contributed by atoms with E-state index in [2.05, 4.69) is 32.9 Å². The lowest BCUT2D eigenvalue weighted by Crippen LogP contribution is -2.42. The number of benzene rings is 1. The van der Waals surface area contributed by atoms with Crippen molar-refractivity contribution in [3.8, 4) is 6.01 Å². The van der Waals surface area contributed by atoms with Crippen molar-refractivity contribution in [1.82, 2.24) is 19.4 Å². The van der Waals surface area contributed by atoms with Gasteiger partial charge in [0.25, 0.3) is 0 Å². The molecule has 0 radical (unpaired) electrons. The Bertz CT molecular complexity index is 899. The van der Waals surface area contributed by atoms with Crippen LogP contribution in [0.25, 0.3) is 10.9 Å². The predicted octanol–water partition coefficient (Wildman–Crippen LogP) is 2.58. The summed E-state index contributed by atoms with van der Waals surface area (Å²) >= 11 is 0. The first-order valence-electron chi connectivity index (χ1n) is 8.95. The van der Waals surface area contributed by atoms with Crippen LogP contribution in [0.5, 0.6) is 6.01 Å². The van der Waals surface area contributed by atoms with Crippen LogP contribution in [-0.4, -0.2) is 44.5 Å². The van der Waals surface area contributed by atoms with E-state index in [1.165, 1.54) is 0 Å². The second-order valence-electron chi connectivity index (χ2n) is 6.69. The van der Waals surface area contributed by atoms with Crippen LogP contribution in [0.3, 0.4) is 0 Å². The molecule has 0 saturated carbocycles. The summed E-state index contributed by atoms with van der Waals surface area (Å²) in [5, 5.41) is 1.16. The standard InChI is InChI=1S/C20H22N4O2/c1-23-14-15(17-5-2-3-6-18(17)23)13-19(25)24-11-7-16(8-12-24)26-20-21-9-4-10-22-20/h2-6,9-10,14,16H,7-8,11-13H2,1H3. The number of ether oxygens (including phenoxy) is 1. The van der Waals surface area contributed by atoms with Crippen molar-refractivity contribution in [2.24, 2.45) is 7.05 Å². The number of carbonyl (C=O) groups is 1. The van der Waals surface area contributed by atoms with E-state index in [0.29, 0.717) is 25.5 Å². The molecule has 1 fully saturated rings. The fourth-order valence-electron chi connectivity index (χ4n) is 3.56. The van der Waals surface area contributed by atoms with Crippen molar-refractivity contribution >= 4 is 16.8 Å². The Morgan fingerprint density at radius 3 is 2.65 bits per heavy atom. The largest absolute Gasteiger partial charge is 0.460 e. The van der Waals surface area contributed by atoms with Gasteiger partial charge in [0.1, 0.15) is 6.10 Å². The van der Waals surface area contributed by atoms with E-state index in [4.69, 9.17) is 4.74 Å². The van der Waals surface area contributed by atoms with E-state index in [0.717, 1.165) is 29.3 Å². The Morgan fingerprint density at radius 1 is 1.15 bits per heavy atom. The molecule has 2 aromatic heterocycles. The Balaban J connectivity index is 1.36. The molecule has 0 bridgehead atoms. The van der Waals surface area contributed by atoms with Gasteiger partial charge in [-0.05, 0) is 17.7 Å². The van der Waals surface area contributed by atoms with Crippen molar-refractivity contribution in [1.29, 1.82) is 0 Å². The Kier molecular flexibility index (Phi) is 4.56. The number of para-hydroxylation sites is 1. The van der Waals surface area contributed by atoms with Crippen molar-refractivity contribution in [2.45, 2.75) is 25.4 Å². The van der Waals surface area contributed by atoms with Gasteiger partial charge in [-0.2, -0.15) is 0 Å². The molecule has 1 amide bonds. The van der Waals surface area contributed by atoms with Crippen LogP contribution in [0.15, 0.2) is 48.9 Å². The maximum atomic E-state index is 12.7. The molecule has 1 aromatic carbocycles. The molecule has 0 N–H and O–H groups in total. The summed E-state index contributed by atoms with van der Waals surface area (Å²) < 4.78 is 7.88. The topological polar surface area (TPSA) is 60.2 Å². The van der Waals surface area contributed by atoms with Gasteiger partial charge in [0.05, 0.1) is 6.42 Å². The summed E-state index contributed by atoms with van der Waals surface area (Å²) in [7, 11) is 2.02. The number of carbonyl (C=O) groups excluding carboxylic acids is 1. The summed E-state index contributed by atoms with van der Waals surface area (Å²) in [5.74, 6) is 0.177. The number of aromatic nitrogens is 3. The average Bonchev–Trinajstić information content (AvgIpc) is 2.99. The molecular weight excluding hydrogens is 328 g/mol. The molecular formula is C20H22N4O2. The van der Waals surface area contributed by atoms with E-state index in [-0.39, 0.29) is 12.0 Å². The summed E-state index contributed by atoms with van der Waals surface area (Å²) in [6.45, 7) is 1.42. The minimum absolute atomic E-state index is 0.0685. The molecule has 3 aromatic rings. The maximum Gasteiger partial charge on any atom is 0.316 e. The Labute approximate surface area is 152 Å². The minimum atomic E-state index is 0.0685. The molecule has 1 aliphatic heterocycles. The third-order valence-corrected chi connectivity index (χ3v) is 4.93. The predicted molar refractivity (Wildman–Crippen MR) is 98.9 cm³/mol. The number of piperidine rings is 1. The Morgan fingerprint density at radius 2 is 1.88 bits per heavy atom. The monoisotopic (exact) mass is 350 g/mol. The lowest BCUT2D eigenvalue weighted by molar-refractivity contribution is -0.132. The van der Waals surface area contributed by atoms with Crippen LogP contribution >= 0.6 is 0 Å². The van der Waals surface area contributed by atoms with Crippen molar-refractivity contribution in [2.75, 3.05) is 13.1 Å². The SMILES string of the molecule is Cn1cc(CC(=O)N2CCC(Oc3ncccn3)CC2)c2ccccc21. The van der Waals surface area contributed by atoms with Crippen LogP contribution in [0.1, 0.15) is 18.4 Å². The molecule has 0 unspecified atom stereocenters. The quantitative estimate of drug-likeness (QED) is 0.726. The van der Waals surface area contributed by atoms with Gasteiger partial charge in [-0.25, -0.2) is 9.97 Å². The van der Waals surface area contributed by atoms with Gasteiger partial charge in [-0.3, -0.25) is 4.79 Å². The lowest BCUT2D eigenvalue weighted by atomic mass is 10.1.